The monoisotopic (exact) mass is 342 g/mol. The number of nitrogens with zero attached hydrogens (tertiary/aromatic N) is 2. The van der Waals surface area contributed by atoms with E-state index in [2.05, 4.69) is 0 Å². The van der Waals surface area contributed by atoms with Gasteiger partial charge in [-0.05, 0) is 44.5 Å². The highest BCUT2D eigenvalue weighted by molar-refractivity contribution is 6.30. The number of rotatable bonds is 5. The number of amides is 1. The number of likely N-dealkylation sites (N-methyl/N-ethyl adjacent to an activating group) is 1. The Morgan fingerprint density at radius 3 is 2.91 bits per heavy atom. The smallest absolute Gasteiger partial charge is 0.323 e. The summed E-state index contributed by atoms with van der Waals surface area (Å²) in [5, 5.41) is 9.37. The summed E-state index contributed by atoms with van der Waals surface area (Å²) in [4.78, 5) is 26.6. The number of hydrogen-bond acceptors (Lipinski definition) is 3. The number of carbonyl (C=O) groups is 2. The number of carboxylic acid groups (broad SMARTS) is 1. The van der Waals surface area contributed by atoms with Gasteiger partial charge in [0.25, 0.3) is 0 Å². The highest BCUT2D eigenvalue weighted by Crippen LogP contribution is 2.21. The third kappa shape index (κ3) is 4.65. The topological polar surface area (TPSA) is 60.9 Å². The molecule has 7 heteroatoms. The van der Waals surface area contributed by atoms with Crippen LogP contribution in [0.1, 0.15) is 24.8 Å². The van der Waals surface area contributed by atoms with Gasteiger partial charge in [-0.25, -0.2) is 4.39 Å². The minimum absolute atomic E-state index is 0.213. The van der Waals surface area contributed by atoms with Gasteiger partial charge >= 0.3 is 5.97 Å². The lowest BCUT2D eigenvalue weighted by atomic mass is 10.1. The second kappa shape index (κ2) is 7.75. The Labute approximate surface area is 139 Å². The summed E-state index contributed by atoms with van der Waals surface area (Å²) in [7, 11) is 1.74. The summed E-state index contributed by atoms with van der Waals surface area (Å²) in [5.74, 6) is -1.61. The predicted molar refractivity (Wildman–Crippen MR) is 84.7 cm³/mol. The lowest BCUT2D eigenvalue weighted by Crippen LogP contribution is -2.47. The summed E-state index contributed by atoms with van der Waals surface area (Å²) < 4.78 is 13.9. The summed E-state index contributed by atoms with van der Waals surface area (Å²) in [6.07, 6.45) is 2.23. The van der Waals surface area contributed by atoms with Crippen LogP contribution >= 0.6 is 11.6 Å². The number of carboxylic acids is 1. The molecule has 1 unspecified atom stereocenters. The molecule has 5 nitrogen and oxygen atoms in total. The molecule has 0 spiro atoms. The normalized spacial score (nSPS) is 19.0. The van der Waals surface area contributed by atoms with Crippen LogP contribution < -0.4 is 0 Å². The molecule has 0 radical (unpaired) electrons. The average molecular weight is 343 g/mol. The van der Waals surface area contributed by atoms with Gasteiger partial charge in [-0.2, -0.15) is 0 Å². The third-order valence-corrected chi connectivity index (χ3v) is 4.27. The number of hydrogen-bond donors (Lipinski definition) is 1. The Morgan fingerprint density at radius 2 is 2.22 bits per heavy atom. The second-order valence-electron chi connectivity index (χ2n) is 5.82. The van der Waals surface area contributed by atoms with E-state index in [9.17, 15) is 14.0 Å². The van der Waals surface area contributed by atoms with Crippen molar-refractivity contribution in [2.24, 2.45) is 0 Å². The molecular formula is C16H20ClFN2O3. The Bertz CT molecular complexity index is 597. The maximum absolute atomic E-state index is 13.9. The first-order valence-corrected chi connectivity index (χ1v) is 7.91. The molecule has 1 aromatic rings. The van der Waals surface area contributed by atoms with Crippen LogP contribution in [0.2, 0.25) is 5.02 Å². The van der Waals surface area contributed by atoms with Crippen molar-refractivity contribution >= 4 is 23.5 Å². The van der Waals surface area contributed by atoms with Crippen LogP contribution in [0.5, 0.6) is 0 Å². The maximum Gasteiger partial charge on any atom is 0.323 e. The van der Waals surface area contributed by atoms with Crippen molar-refractivity contribution in [3.63, 3.8) is 0 Å². The first-order valence-electron chi connectivity index (χ1n) is 7.53. The van der Waals surface area contributed by atoms with E-state index in [4.69, 9.17) is 16.7 Å². The van der Waals surface area contributed by atoms with Crippen LogP contribution in [0, 0.1) is 5.82 Å². The zero-order valence-electron chi connectivity index (χ0n) is 13.0. The van der Waals surface area contributed by atoms with Crippen LogP contribution in [0.4, 0.5) is 4.39 Å². The summed E-state index contributed by atoms with van der Waals surface area (Å²) >= 11 is 5.90. The molecule has 1 aliphatic rings. The quantitative estimate of drug-likeness (QED) is 0.892. The molecule has 1 heterocycles. The average Bonchev–Trinajstić information content (AvgIpc) is 2.65. The van der Waals surface area contributed by atoms with Gasteiger partial charge in [-0.1, -0.05) is 11.6 Å². The van der Waals surface area contributed by atoms with Gasteiger partial charge in [-0.3, -0.25) is 14.5 Å². The van der Waals surface area contributed by atoms with E-state index in [0.717, 1.165) is 12.8 Å². The standard InChI is InChI=1S/C16H20ClFN2O3/c1-19(9-11-8-12(17)5-6-13(11)18)14-4-2-3-7-20(16(14)23)10-15(21)22/h5-6,8,14H,2-4,7,9-10H2,1H3,(H,21,22). The van der Waals surface area contributed by atoms with Crippen molar-refractivity contribution in [3.8, 4) is 0 Å². The molecule has 1 fully saturated rings. The predicted octanol–water partition coefficient (Wildman–Crippen LogP) is 2.38. The lowest BCUT2D eigenvalue weighted by molar-refractivity contribution is -0.146. The molecule has 1 amide bonds. The highest BCUT2D eigenvalue weighted by Gasteiger charge is 2.31. The van der Waals surface area contributed by atoms with Gasteiger partial charge in [0.05, 0.1) is 6.04 Å². The number of likely N-dealkylation sites (tertiary alicyclic amines) is 1. The molecule has 23 heavy (non-hydrogen) atoms. The molecule has 1 aromatic carbocycles. The summed E-state index contributed by atoms with van der Waals surface area (Å²) in [5.41, 5.74) is 0.418. The molecule has 126 valence electrons. The van der Waals surface area contributed by atoms with Gasteiger partial charge in [0.2, 0.25) is 5.91 Å². The van der Waals surface area contributed by atoms with E-state index in [-0.39, 0.29) is 24.8 Å². The fourth-order valence-corrected chi connectivity index (χ4v) is 3.05. The highest BCUT2D eigenvalue weighted by atomic mass is 35.5. The summed E-state index contributed by atoms with van der Waals surface area (Å²) in [6.45, 7) is 0.388. The van der Waals surface area contributed by atoms with Crippen LogP contribution in [0.15, 0.2) is 18.2 Å². The number of benzene rings is 1. The van der Waals surface area contributed by atoms with E-state index in [0.29, 0.717) is 23.6 Å². The molecular weight excluding hydrogens is 323 g/mol. The first-order chi connectivity index (χ1) is 10.9. The Morgan fingerprint density at radius 1 is 1.48 bits per heavy atom. The summed E-state index contributed by atoms with van der Waals surface area (Å²) in [6, 6.07) is 3.88. The van der Waals surface area contributed by atoms with Crippen LogP contribution in [0.3, 0.4) is 0 Å². The second-order valence-corrected chi connectivity index (χ2v) is 6.25. The molecule has 1 N–H and O–H groups in total. The first kappa shape index (κ1) is 17.7. The SMILES string of the molecule is CN(Cc1cc(Cl)ccc1F)C1CCCCN(CC(=O)O)C1=O. The molecule has 0 bridgehead atoms. The van der Waals surface area contributed by atoms with Gasteiger partial charge in [0.1, 0.15) is 12.4 Å². The molecule has 0 aliphatic carbocycles. The van der Waals surface area contributed by atoms with Crippen LogP contribution in [-0.4, -0.2) is 53.0 Å². The van der Waals surface area contributed by atoms with E-state index < -0.39 is 12.0 Å². The number of aliphatic carboxylic acids is 1. The van der Waals surface area contributed by atoms with Crippen molar-refractivity contribution in [2.75, 3.05) is 20.1 Å². The third-order valence-electron chi connectivity index (χ3n) is 4.04. The molecule has 0 saturated carbocycles. The van der Waals surface area contributed by atoms with Gasteiger partial charge in [0.15, 0.2) is 0 Å². The fourth-order valence-electron chi connectivity index (χ4n) is 2.86. The molecule has 1 aliphatic heterocycles. The number of halogens is 2. The van der Waals surface area contributed by atoms with Crippen molar-refractivity contribution in [3.05, 3.63) is 34.6 Å². The van der Waals surface area contributed by atoms with Crippen molar-refractivity contribution in [1.29, 1.82) is 0 Å². The van der Waals surface area contributed by atoms with Gasteiger partial charge < -0.3 is 10.0 Å². The minimum atomic E-state index is -1.03. The zero-order valence-corrected chi connectivity index (χ0v) is 13.7. The molecule has 0 aromatic heterocycles. The Kier molecular flexibility index (Phi) is 5.96. The zero-order chi connectivity index (χ0) is 17.0. The van der Waals surface area contributed by atoms with E-state index in [1.54, 1.807) is 18.0 Å². The largest absolute Gasteiger partial charge is 0.480 e. The van der Waals surface area contributed by atoms with E-state index in [1.807, 2.05) is 0 Å². The molecule has 1 saturated heterocycles. The number of carbonyl (C=O) groups excluding carboxylic acids is 1. The van der Waals surface area contributed by atoms with Gasteiger partial charge in [-0.15, -0.1) is 0 Å². The van der Waals surface area contributed by atoms with E-state index in [1.165, 1.54) is 17.0 Å². The van der Waals surface area contributed by atoms with Crippen molar-refractivity contribution in [2.45, 2.75) is 31.8 Å². The Balaban J connectivity index is 2.12. The molecule has 2 rings (SSSR count). The van der Waals surface area contributed by atoms with Crippen molar-refractivity contribution in [1.82, 2.24) is 9.80 Å². The maximum atomic E-state index is 13.9. The minimum Gasteiger partial charge on any atom is -0.480 e. The van der Waals surface area contributed by atoms with Crippen LogP contribution in [0.25, 0.3) is 0 Å². The lowest BCUT2D eigenvalue weighted by Gasteiger charge is -2.29. The molecule has 1 atom stereocenters. The van der Waals surface area contributed by atoms with Crippen LogP contribution in [-0.2, 0) is 16.1 Å². The van der Waals surface area contributed by atoms with Crippen molar-refractivity contribution < 1.29 is 19.1 Å². The van der Waals surface area contributed by atoms with Gasteiger partial charge in [0, 0.05) is 23.7 Å². The Hall–Kier alpha value is -1.66. The van der Waals surface area contributed by atoms with E-state index >= 15 is 0 Å². The fraction of sp³-hybridized carbons (Fsp3) is 0.500.